The number of piperidine rings is 1. The van der Waals surface area contributed by atoms with Gasteiger partial charge in [-0.05, 0) is 43.3 Å². The topological polar surface area (TPSA) is 55.6 Å². The second kappa shape index (κ2) is 4.81. The van der Waals surface area contributed by atoms with Gasteiger partial charge in [-0.2, -0.15) is 0 Å². The van der Waals surface area contributed by atoms with Gasteiger partial charge in [0.05, 0.1) is 0 Å². The molecule has 0 saturated carbocycles. The van der Waals surface area contributed by atoms with Crippen molar-refractivity contribution in [2.24, 2.45) is 0 Å². The Morgan fingerprint density at radius 1 is 1.22 bits per heavy atom. The highest BCUT2D eigenvalue weighted by Crippen LogP contribution is 2.21. The summed E-state index contributed by atoms with van der Waals surface area (Å²) >= 11 is 0. The van der Waals surface area contributed by atoms with E-state index in [4.69, 9.17) is 0 Å². The van der Waals surface area contributed by atoms with Crippen LogP contribution in [-0.4, -0.2) is 33.3 Å². The molecule has 5 nitrogen and oxygen atoms in total. The maximum absolute atomic E-state index is 13.6. The summed E-state index contributed by atoms with van der Waals surface area (Å²) in [6.45, 7) is 1.94. The Labute approximate surface area is 104 Å². The van der Waals surface area contributed by atoms with Crippen molar-refractivity contribution in [1.29, 1.82) is 0 Å². The second-order valence-corrected chi connectivity index (χ2v) is 4.41. The highest BCUT2D eigenvalue weighted by molar-refractivity contribution is 5.30. The third-order valence-electron chi connectivity index (χ3n) is 3.20. The van der Waals surface area contributed by atoms with E-state index >= 15 is 0 Å². The zero-order valence-corrected chi connectivity index (χ0v) is 9.88. The number of benzene rings is 1. The zero-order valence-electron chi connectivity index (χ0n) is 9.88. The van der Waals surface area contributed by atoms with Gasteiger partial charge < -0.3 is 5.32 Å². The Morgan fingerprint density at radius 3 is 2.78 bits per heavy atom. The first-order valence-corrected chi connectivity index (χ1v) is 6.10. The van der Waals surface area contributed by atoms with E-state index in [2.05, 4.69) is 20.7 Å². The monoisotopic (exact) mass is 247 g/mol. The number of hydrogen-bond acceptors (Lipinski definition) is 4. The summed E-state index contributed by atoms with van der Waals surface area (Å²) in [5, 5.41) is 15.6. The van der Waals surface area contributed by atoms with E-state index in [0.717, 1.165) is 25.9 Å². The second-order valence-electron chi connectivity index (χ2n) is 4.41. The molecule has 1 saturated heterocycles. The highest BCUT2D eigenvalue weighted by atomic mass is 19.1. The predicted octanol–water partition coefficient (Wildman–Crippen LogP) is 1.27. The minimum absolute atomic E-state index is 0.326. The molecule has 2 heterocycles. The molecule has 0 bridgehead atoms. The van der Waals surface area contributed by atoms with E-state index in [1.54, 1.807) is 18.2 Å². The number of rotatable bonds is 2. The number of nitrogens with one attached hydrogen (secondary N) is 1. The van der Waals surface area contributed by atoms with Crippen LogP contribution in [0.4, 0.5) is 4.39 Å². The van der Waals surface area contributed by atoms with Crippen molar-refractivity contribution in [3.63, 3.8) is 0 Å². The van der Waals surface area contributed by atoms with Crippen molar-refractivity contribution in [3.8, 4) is 5.69 Å². The summed E-state index contributed by atoms with van der Waals surface area (Å²) in [4.78, 5) is 1.27. The first-order valence-electron chi connectivity index (χ1n) is 6.10. The molecule has 0 spiro atoms. The van der Waals surface area contributed by atoms with E-state index in [0.29, 0.717) is 17.4 Å². The van der Waals surface area contributed by atoms with Gasteiger partial charge >= 0.3 is 0 Å². The molecule has 94 valence electrons. The molecule has 0 atom stereocenters. The molecule has 1 aromatic carbocycles. The minimum Gasteiger partial charge on any atom is -0.317 e. The van der Waals surface area contributed by atoms with Gasteiger partial charge in [-0.3, -0.25) is 0 Å². The number of tetrazole rings is 1. The minimum atomic E-state index is -0.341. The standard InChI is InChI=1S/C12H14FN5/c13-10-3-1-2-4-11(10)18-16-12(15-17-18)9-5-7-14-8-6-9/h1-4,9,14H,5-8H2. The molecule has 1 aliphatic rings. The van der Waals surface area contributed by atoms with Gasteiger partial charge in [0, 0.05) is 5.92 Å². The van der Waals surface area contributed by atoms with E-state index in [-0.39, 0.29) is 5.82 Å². The van der Waals surface area contributed by atoms with Crippen molar-refractivity contribution in [2.45, 2.75) is 18.8 Å². The molecule has 1 fully saturated rings. The highest BCUT2D eigenvalue weighted by Gasteiger charge is 2.20. The van der Waals surface area contributed by atoms with Crippen LogP contribution < -0.4 is 5.32 Å². The summed E-state index contributed by atoms with van der Waals surface area (Å²) < 4.78 is 13.6. The molecule has 1 aliphatic heterocycles. The number of hydrogen-bond donors (Lipinski definition) is 1. The molecule has 1 N–H and O–H groups in total. The fourth-order valence-corrected chi connectivity index (χ4v) is 2.18. The molecular weight excluding hydrogens is 233 g/mol. The van der Waals surface area contributed by atoms with Gasteiger partial charge in [-0.1, -0.05) is 12.1 Å². The summed E-state index contributed by atoms with van der Waals surface area (Å²) in [7, 11) is 0. The van der Waals surface area contributed by atoms with Gasteiger partial charge in [0.1, 0.15) is 5.69 Å². The Morgan fingerprint density at radius 2 is 2.00 bits per heavy atom. The molecule has 0 unspecified atom stereocenters. The zero-order chi connectivity index (χ0) is 12.4. The SMILES string of the molecule is Fc1ccccc1-n1nnc(C2CCNCC2)n1. The van der Waals surface area contributed by atoms with Crippen LogP contribution in [-0.2, 0) is 0 Å². The molecule has 2 aromatic rings. The molecule has 6 heteroatoms. The maximum atomic E-state index is 13.6. The van der Waals surface area contributed by atoms with Gasteiger partial charge in [-0.25, -0.2) is 4.39 Å². The first-order chi connectivity index (χ1) is 8.84. The Kier molecular flexibility index (Phi) is 3.02. The quantitative estimate of drug-likeness (QED) is 0.868. The molecule has 1 aromatic heterocycles. The van der Waals surface area contributed by atoms with Crippen LogP contribution >= 0.6 is 0 Å². The van der Waals surface area contributed by atoms with Crippen molar-refractivity contribution in [2.75, 3.05) is 13.1 Å². The predicted molar refractivity (Wildman–Crippen MR) is 64.0 cm³/mol. The van der Waals surface area contributed by atoms with Crippen LogP contribution in [0.25, 0.3) is 5.69 Å². The van der Waals surface area contributed by atoms with Crippen molar-refractivity contribution >= 4 is 0 Å². The lowest BCUT2D eigenvalue weighted by Crippen LogP contribution is -2.27. The Hall–Kier alpha value is -1.82. The van der Waals surface area contributed by atoms with Gasteiger partial charge in [0.15, 0.2) is 11.6 Å². The van der Waals surface area contributed by atoms with Crippen LogP contribution in [0.15, 0.2) is 24.3 Å². The molecule has 0 amide bonds. The third kappa shape index (κ3) is 2.11. The van der Waals surface area contributed by atoms with E-state index in [1.165, 1.54) is 10.9 Å². The maximum Gasteiger partial charge on any atom is 0.178 e. The number of para-hydroxylation sites is 1. The van der Waals surface area contributed by atoms with Crippen molar-refractivity contribution in [1.82, 2.24) is 25.5 Å². The molecule has 0 aliphatic carbocycles. The summed E-state index contributed by atoms with van der Waals surface area (Å²) in [5.41, 5.74) is 0.338. The smallest absolute Gasteiger partial charge is 0.178 e. The Balaban J connectivity index is 1.87. The number of aromatic nitrogens is 4. The average Bonchev–Trinajstić information content (AvgIpc) is 2.90. The number of halogens is 1. The average molecular weight is 247 g/mol. The lowest BCUT2D eigenvalue weighted by molar-refractivity contribution is 0.444. The third-order valence-corrected chi connectivity index (χ3v) is 3.20. The molecule has 0 radical (unpaired) electrons. The van der Waals surface area contributed by atoms with Crippen LogP contribution in [0.1, 0.15) is 24.6 Å². The first kappa shape index (κ1) is 11.3. The van der Waals surface area contributed by atoms with E-state index in [9.17, 15) is 4.39 Å². The Bertz CT molecular complexity index is 533. The van der Waals surface area contributed by atoms with Crippen LogP contribution in [0.3, 0.4) is 0 Å². The van der Waals surface area contributed by atoms with Crippen LogP contribution in [0, 0.1) is 5.82 Å². The van der Waals surface area contributed by atoms with Gasteiger partial charge in [-0.15, -0.1) is 15.0 Å². The van der Waals surface area contributed by atoms with Gasteiger partial charge in [0.2, 0.25) is 0 Å². The van der Waals surface area contributed by atoms with Crippen LogP contribution in [0.2, 0.25) is 0 Å². The number of nitrogens with zero attached hydrogens (tertiary/aromatic N) is 4. The largest absolute Gasteiger partial charge is 0.317 e. The van der Waals surface area contributed by atoms with Crippen molar-refractivity contribution < 1.29 is 4.39 Å². The summed E-state index contributed by atoms with van der Waals surface area (Å²) in [6.07, 6.45) is 2.01. The normalized spacial score (nSPS) is 16.9. The lowest BCUT2D eigenvalue weighted by Gasteiger charge is -2.18. The van der Waals surface area contributed by atoms with Gasteiger partial charge in [0.25, 0.3) is 0 Å². The molecule has 18 heavy (non-hydrogen) atoms. The van der Waals surface area contributed by atoms with Crippen LogP contribution in [0.5, 0.6) is 0 Å². The molecular formula is C12H14FN5. The van der Waals surface area contributed by atoms with E-state index < -0.39 is 0 Å². The fraction of sp³-hybridized carbons (Fsp3) is 0.417. The fourth-order valence-electron chi connectivity index (χ4n) is 2.18. The van der Waals surface area contributed by atoms with Crippen molar-refractivity contribution in [3.05, 3.63) is 35.9 Å². The molecule has 3 rings (SSSR count). The summed E-state index contributed by atoms with van der Waals surface area (Å²) in [5.74, 6) is 0.693. The van der Waals surface area contributed by atoms with E-state index in [1.807, 2.05) is 0 Å². The summed E-state index contributed by atoms with van der Waals surface area (Å²) in [6, 6.07) is 6.43. The lowest BCUT2D eigenvalue weighted by atomic mass is 9.98.